The van der Waals surface area contributed by atoms with Crippen molar-refractivity contribution in [2.75, 3.05) is 27.5 Å². The van der Waals surface area contributed by atoms with Gasteiger partial charge in [0.1, 0.15) is 0 Å². The van der Waals surface area contributed by atoms with Gasteiger partial charge in [0, 0.05) is 0 Å². The maximum absolute atomic E-state index is 9.75. The Hall–Kier alpha value is -0.790. The molecule has 0 spiro atoms. The summed E-state index contributed by atoms with van der Waals surface area (Å²) in [4.78, 5) is 21.3. The molecule has 13 heteroatoms. The molecule has 144 valence electrons. The number of methoxy groups -OCH3 is 2. The first-order chi connectivity index (χ1) is 11.9. The summed E-state index contributed by atoms with van der Waals surface area (Å²) in [6.45, 7) is 0.494. The number of nitrogens with one attached hydrogen (secondary N) is 3. The summed E-state index contributed by atoms with van der Waals surface area (Å²) in [5, 5.41) is 9.50. The average Bonchev–Trinajstić information content (AvgIpc) is 3.11. The van der Waals surface area contributed by atoms with Gasteiger partial charge in [-0.25, -0.2) is 0 Å². The zero-order chi connectivity index (χ0) is 17.8. The number of nitrogens with zero attached hydrogens (tertiary/aromatic N) is 1. The molecule has 0 aromatic carbocycles. The summed E-state index contributed by atoms with van der Waals surface area (Å²) in [6.07, 6.45) is -3.25. The van der Waals surface area contributed by atoms with Crippen LogP contribution in [0.25, 0.3) is 0 Å². The second-order valence-electron chi connectivity index (χ2n) is 6.14. The van der Waals surface area contributed by atoms with Crippen molar-refractivity contribution in [3.8, 4) is 0 Å². The van der Waals surface area contributed by atoms with Crippen LogP contribution >= 0.6 is 8.17 Å². The molecule has 4 rings (SSSR count). The Bertz CT molecular complexity index is 566. The van der Waals surface area contributed by atoms with Crippen LogP contribution in [0, 0.1) is 0 Å². The zero-order valence-electron chi connectivity index (χ0n) is 13.8. The van der Waals surface area contributed by atoms with Crippen molar-refractivity contribution in [1.29, 1.82) is 0 Å². The van der Waals surface area contributed by atoms with Crippen molar-refractivity contribution in [2.45, 2.75) is 37.1 Å². The number of fused-ring (bicyclic) bond motifs is 1. The molecule has 6 atom stereocenters. The molecule has 12 nitrogen and oxygen atoms in total. The Morgan fingerprint density at radius 2 is 2.12 bits per heavy atom. The Balaban J connectivity index is 1.63. The van der Waals surface area contributed by atoms with Crippen molar-refractivity contribution in [2.24, 2.45) is 5.73 Å². The molecule has 2 saturated heterocycles. The van der Waals surface area contributed by atoms with Gasteiger partial charge in [-0.2, -0.15) is 0 Å². The molecule has 4 aliphatic heterocycles. The minimum absolute atomic E-state index is 0.0135. The number of hydrogen-bond acceptors (Lipinski definition) is 12. The minimum atomic E-state index is -4.16. The van der Waals surface area contributed by atoms with Crippen molar-refractivity contribution in [3.63, 3.8) is 0 Å². The van der Waals surface area contributed by atoms with Crippen molar-refractivity contribution in [3.05, 3.63) is 11.5 Å². The molecular formula is C12H24N5O7P. The summed E-state index contributed by atoms with van der Waals surface area (Å²) in [7, 11) is -1.08. The topological polar surface area (TPSA) is 152 Å². The predicted octanol–water partition coefficient (Wildman–Crippen LogP) is -3.02. The SMILES string of the molecule is COC1C(N2C3=C(NC2OC)C(N)NCN3)O[C@@H]2CO[PH](O)(O)O[C@@H]12. The molecule has 4 aliphatic rings. The van der Waals surface area contributed by atoms with Crippen LogP contribution in [0.5, 0.6) is 0 Å². The van der Waals surface area contributed by atoms with Crippen molar-refractivity contribution < 1.29 is 33.0 Å². The molecule has 0 aliphatic carbocycles. The van der Waals surface area contributed by atoms with Crippen LogP contribution in [0.1, 0.15) is 0 Å². The quantitative estimate of drug-likeness (QED) is 0.276. The summed E-state index contributed by atoms with van der Waals surface area (Å²) in [6, 6.07) is 0. The zero-order valence-corrected chi connectivity index (χ0v) is 14.8. The van der Waals surface area contributed by atoms with E-state index in [-0.39, 0.29) is 12.8 Å². The molecule has 0 radical (unpaired) electrons. The maximum atomic E-state index is 9.75. The Labute approximate surface area is 144 Å². The molecule has 0 aromatic rings. The Kier molecular flexibility index (Phi) is 4.53. The van der Waals surface area contributed by atoms with Gasteiger partial charge in [-0.05, 0) is 0 Å². The van der Waals surface area contributed by atoms with E-state index >= 15 is 0 Å². The second-order valence-corrected chi connectivity index (χ2v) is 7.77. The molecule has 4 unspecified atom stereocenters. The van der Waals surface area contributed by atoms with Gasteiger partial charge in [0.2, 0.25) is 0 Å². The first-order valence-electron chi connectivity index (χ1n) is 7.94. The molecule has 7 N–H and O–H groups in total. The van der Waals surface area contributed by atoms with Gasteiger partial charge < -0.3 is 0 Å². The van der Waals surface area contributed by atoms with Crippen molar-refractivity contribution >= 4 is 8.17 Å². The molecule has 0 amide bonds. The van der Waals surface area contributed by atoms with E-state index in [0.717, 1.165) is 11.5 Å². The summed E-state index contributed by atoms with van der Waals surface area (Å²) < 4.78 is 27.5. The van der Waals surface area contributed by atoms with E-state index in [2.05, 4.69) is 16.0 Å². The van der Waals surface area contributed by atoms with E-state index < -0.39 is 39.1 Å². The molecule has 0 saturated carbocycles. The van der Waals surface area contributed by atoms with E-state index in [4.69, 9.17) is 29.0 Å². The fraction of sp³-hybridized carbons (Fsp3) is 0.833. The number of ether oxygens (including phenoxy) is 3. The summed E-state index contributed by atoms with van der Waals surface area (Å²) >= 11 is 0. The van der Waals surface area contributed by atoms with Gasteiger partial charge in [0.15, 0.2) is 0 Å². The first-order valence-corrected chi connectivity index (χ1v) is 9.65. The van der Waals surface area contributed by atoms with Crippen LogP contribution in [0.15, 0.2) is 11.5 Å². The average molecular weight is 381 g/mol. The number of hydrogen-bond donors (Lipinski definition) is 6. The Morgan fingerprint density at radius 3 is 2.84 bits per heavy atom. The van der Waals surface area contributed by atoms with Gasteiger partial charge in [0.25, 0.3) is 0 Å². The molecule has 0 aromatic heterocycles. The third kappa shape index (κ3) is 2.88. The molecular weight excluding hydrogens is 357 g/mol. The molecule has 0 bridgehead atoms. The van der Waals surface area contributed by atoms with E-state index in [1.165, 1.54) is 7.11 Å². The van der Waals surface area contributed by atoms with Crippen LogP contribution in [-0.4, -0.2) is 79.2 Å². The van der Waals surface area contributed by atoms with Crippen LogP contribution in [0.4, 0.5) is 0 Å². The fourth-order valence-corrected chi connectivity index (χ4v) is 4.68. The van der Waals surface area contributed by atoms with E-state index in [9.17, 15) is 9.79 Å². The number of rotatable bonds is 3. The molecule has 4 heterocycles. The van der Waals surface area contributed by atoms with E-state index in [1.54, 1.807) is 7.11 Å². The standard InChI is InChI=1S/C12H24N5O7P/c1-20-8-7-5(3-22-25(18,19)24-7)23-11(8)17-10-6(16-12(17)21-2)9(13)14-4-15-10/h5,7-9,11-12,14-16,18-19,25H,3-4,13H2,1-2H3/t5-,7-,8?,9?,11?,12?/m1/s1. The van der Waals surface area contributed by atoms with Crippen LogP contribution in [0.2, 0.25) is 0 Å². The third-order valence-electron chi connectivity index (χ3n) is 4.71. The first kappa shape index (κ1) is 17.6. The molecule has 25 heavy (non-hydrogen) atoms. The van der Waals surface area contributed by atoms with Crippen LogP contribution in [-0.2, 0) is 23.3 Å². The fourth-order valence-electron chi connectivity index (χ4n) is 3.59. The van der Waals surface area contributed by atoms with Gasteiger partial charge in [-0.1, -0.05) is 0 Å². The van der Waals surface area contributed by atoms with Crippen molar-refractivity contribution in [1.82, 2.24) is 20.9 Å². The predicted molar refractivity (Wildman–Crippen MR) is 84.9 cm³/mol. The summed E-state index contributed by atoms with van der Waals surface area (Å²) in [5.41, 5.74) is 6.83. The van der Waals surface area contributed by atoms with Gasteiger partial charge in [-0.3, -0.25) is 0 Å². The van der Waals surface area contributed by atoms with E-state index in [1.807, 2.05) is 4.90 Å². The van der Waals surface area contributed by atoms with Gasteiger partial charge >= 0.3 is 144 Å². The third-order valence-corrected chi connectivity index (χ3v) is 5.84. The second kappa shape index (κ2) is 6.43. The number of nitrogens with two attached hydrogens (primary N) is 1. The van der Waals surface area contributed by atoms with E-state index in [0.29, 0.717) is 6.67 Å². The van der Waals surface area contributed by atoms with Crippen LogP contribution in [0.3, 0.4) is 0 Å². The monoisotopic (exact) mass is 381 g/mol. The Morgan fingerprint density at radius 1 is 1.32 bits per heavy atom. The van der Waals surface area contributed by atoms with Gasteiger partial charge in [0.05, 0.1) is 0 Å². The molecule has 2 fully saturated rings. The summed E-state index contributed by atoms with van der Waals surface area (Å²) in [5.74, 6) is 0.737. The van der Waals surface area contributed by atoms with Crippen LogP contribution < -0.4 is 21.7 Å². The van der Waals surface area contributed by atoms with Gasteiger partial charge in [-0.15, -0.1) is 0 Å². The normalized spacial score (nSPS) is 44.0.